The second-order valence-corrected chi connectivity index (χ2v) is 12.2. The van der Waals surface area contributed by atoms with Crippen LogP contribution < -0.4 is 15.8 Å². The van der Waals surface area contributed by atoms with Gasteiger partial charge in [-0.2, -0.15) is 0 Å². The lowest BCUT2D eigenvalue weighted by Gasteiger charge is -2.23. The van der Waals surface area contributed by atoms with E-state index in [0.29, 0.717) is 42.4 Å². The van der Waals surface area contributed by atoms with Crippen LogP contribution in [0.5, 0.6) is 0 Å². The van der Waals surface area contributed by atoms with Crippen LogP contribution in [0.2, 0.25) is 0 Å². The Balaban J connectivity index is 1.28. The summed E-state index contributed by atoms with van der Waals surface area (Å²) in [6.07, 6.45) is 12.6. The zero-order valence-corrected chi connectivity index (χ0v) is 24.8. The Morgan fingerprint density at radius 1 is 1.17 bits per heavy atom. The monoisotopic (exact) mass is 600 g/mol. The molecule has 11 heteroatoms. The van der Waals surface area contributed by atoms with Crippen LogP contribution in [0.4, 0.5) is 5.95 Å². The van der Waals surface area contributed by atoms with Gasteiger partial charge in [-0.25, -0.2) is 23.1 Å². The molecule has 5 rings (SSSR count). The molecule has 1 aromatic heterocycles. The number of allylic oxidation sites excluding steroid dienone is 4. The van der Waals surface area contributed by atoms with Crippen LogP contribution in [0.3, 0.4) is 0 Å². The third kappa shape index (κ3) is 6.76. The first-order valence-electron chi connectivity index (χ1n) is 13.3. The Labute approximate surface area is 250 Å². The van der Waals surface area contributed by atoms with Crippen LogP contribution in [0, 0.1) is 0 Å². The van der Waals surface area contributed by atoms with Gasteiger partial charge in [0, 0.05) is 37.5 Å². The number of nitrogens with one attached hydrogen (secondary N) is 2. The number of ether oxygens (including phenoxy) is 1. The molecule has 42 heavy (non-hydrogen) atoms. The topological polar surface area (TPSA) is 122 Å². The standard InChI is InChI=1S/C31H32N6O3S2/c1-22-37(18-19-41-22)30(29(32)25-10-5-6-11-26(20-25)40-2)28-14-17-34-31(36-28)33-15-7-16-35-42(38,39)27-13-12-23-8-3-4-9-24(23)21-27/h3-6,8-10,12-14,17-21,35H,1,7,11,15-16,32H2,2H3,(H,33,34,36)/b30-29-. The van der Waals surface area contributed by atoms with Crippen molar-refractivity contribution in [2.24, 2.45) is 5.73 Å². The number of rotatable bonds is 11. The number of sulfonamides is 1. The SMILES string of the molecule is C=C1SC=CN1/C(=C(\N)C1=CC=CCC(OC)=C1)c1ccnc(NCCCNS(=O)(=O)c2ccc3ccccc3c2)n1. The first-order chi connectivity index (χ1) is 20.4. The highest BCUT2D eigenvalue weighted by molar-refractivity contribution is 8.06. The van der Waals surface area contributed by atoms with E-state index in [-0.39, 0.29) is 11.4 Å². The molecule has 0 amide bonds. The van der Waals surface area contributed by atoms with E-state index < -0.39 is 10.0 Å². The molecule has 2 aromatic carbocycles. The number of methoxy groups -OCH3 is 1. The molecule has 0 bridgehead atoms. The number of aromatic nitrogens is 2. The van der Waals surface area contributed by atoms with Crippen molar-refractivity contribution in [3.05, 3.63) is 125 Å². The molecule has 0 fully saturated rings. The fraction of sp³-hybridized carbons (Fsp3) is 0.161. The summed E-state index contributed by atoms with van der Waals surface area (Å²) in [7, 11) is -1.99. The van der Waals surface area contributed by atoms with Crippen LogP contribution in [0.25, 0.3) is 16.5 Å². The van der Waals surface area contributed by atoms with E-state index in [1.54, 1.807) is 31.5 Å². The maximum absolute atomic E-state index is 12.8. The zero-order chi connectivity index (χ0) is 29.5. The van der Waals surface area contributed by atoms with Gasteiger partial charge in [0.2, 0.25) is 16.0 Å². The Hall–Kier alpha value is -4.32. The fourth-order valence-corrected chi connectivity index (χ4v) is 6.19. The molecule has 0 radical (unpaired) electrons. The maximum Gasteiger partial charge on any atom is 0.240 e. The molecule has 0 saturated carbocycles. The average molecular weight is 601 g/mol. The highest BCUT2D eigenvalue weighted by Gasteiger charge is 2.23. The molecule has 1 aliphatic carbocycles. The van der Waals surface area contributed by atoms with Crippen molar-refractivity contribution in [3.63, 3.8) is 0 Å². The number of thioether (sulfide) groups is 1. The van der Waals surface area contributed by atoms with Crippen molar-refractivity contribution in [3.8, 4) is 0 Å². The van der Waals surface area contributed by atoms with E-state index in [1.165, 1.54) is 11.8 Å². The Bertz CT molecular complexity index is 1760. The molecule has 0 atom stereocenters. The van der Waals surface area contributed by atoms with Gasteiger partial charge in [-0.05, 0) is 46.9 Å². The summed E-state index contributed by atoms with van der Waals surface area (Å²) in [5.41, 5.74) is 9.35. The average Bonchev–Trinajstić information content (AvgIpc) is 3.26. The van der Waals surface area contributed by atoms with Gasteiger partial charge < -0.3 is 20.7 Å². The second-order valence-electron chi connectivity index (χ2n) is 9.45. The summed E-state index contributed by atoms with van der Waals surface area (Å²) >= 11 is 1.50. The Morgan fingerprint density at radius 3 is 2.79 bits per heavy atom. The summed E-state index contributed by atoms with van der Waals surface area (Å²) in [5.74, 6) is 1.20. The molecule has 0 unspecified atom stereocenters. The predicted molar refractivity (Wildman–Crippen MR) is 170 cm³/mol. The summed E-state index contributed by atoms with van der Waals surface area (Å²) in [4.78, 5) is 11.2. The van der Waals surface area contributed by atoms with Crippen LogP contribution in [0.15, 0.2) is 124 Å². The largest absolute Gasteiger partial charge is 0.501 e. The van der Waals surface area contributed by atoms with Crippen LogP contribution in [-0.2, 0) is 14.8 Å². The molecule has 0 spiro atoms. The van der Waals surface area contributed by atoms with Gasteiger partial charge in [-0.3, -0.25) is 0 Å². The maximum atomic E-state index is 12.8. The molecule has 1 aliphatic heterocycles. The number of hydrogen-bond acceptors (Lipinski definition) is 9. The molecule has 2 aliphatic rings. The molecular weight excluding hydrogens is 569 g/mol. The normalized spacial score (nSPS) is 15.7. The van der Waals surface area contributed by atoms with Crippen LogP contribution in [-0.4, -0.2) is 43.5 Å². The van der Waals surface area contributed by atoms with Crippen molar-refractivity contribution in [2.45, 2.75) is 17.7 Å². The van der Waals surface area contributed by atoms with Crippen molar-refractivity contribution >= 4 is 44.2 Å². The lowest BCUT2D eigenvalue weighted by Crippen LogP contribution is -2.26. The third-order valence-electron chi connectivity index (χ3n) is 6.66. The minimum Gasteiger partial charge on any atom is -0.501 e. The fourth-order valence-electron chi connectivity index (χ4n) is 4.47. The summed E-state index contributed by atoms with van der Waals surface area (Å²) in [6.45, 7) is 4.87. The minimum absolute atomic E-state index is 0.240. The van der Waals surface area contributed by atoms with E-state index >= 15 is 0 Å². The van der Waals surface area contributed by atoms with E-state index in [0.717, 1.165) is 27.1 Å². The predicted octanol–water partition coefficient (Wildman–Crippen LogP) is 5.45. The highest BCUT2D eigenvalue weighted by Crippen LogP contribution is 2.37. The first-order valence-corrected chi connectivity index (χ1v) is 15.7. The number of nitrogens with two attached hydrogens (primary N) is 1. The Kier molecular flexibility index (Phi) is 9.11. The molecule has 2 heterocycles. The van der Waals surface area contributed by atoms with Crippen molar-refractivity contribution in [1.29, 1.82) is 0 Å². The molecule has 0 saturated heterocycles. The zero-order valence-electron chi connectivity index (χ0n) is 23.2. The number of hydrogen-bond donors (Lipinski definition) is 3. The lowest BCUT2D eigenvalue weighted by atomic mass is 10.1. The number of anilines is 1. The third-order valence-corrected chi connectivity index (χ3v) is 8.84. The quantitative estimate of drug-likeness (QED) is 0.247. The number of benzene rings is 2. The molecule has 9 nitrogen and oxygen atoms in total. The van der Waals surface area contributed by atoms with Gasteiger partial charge in [-0.15, -0.1) is 0 Å². The van der Waals surface area contributed by atoms with Gasteiger partial charge in [-0.1, -0.05) is 66.9 Å². The van der Waals surface area contributed by atoms with Crippen LogP contribution >= 0.6 is 11.8 Å². The van der Waals surface area contributed by atoms with Crippen molar-refractivity contribution in [2.75, 3.05) is 25.5 Å². The van der Waals surface area contributed by atoms with Gasteiger partial charge in [0.15, 0.2) is 0 Å². The molecule has 216 valence electrons. The lowest BCUT2D eigenvalue weighted by molar-refractivity contribution is 0.285. The summed E-state index contributed by atoms with van der Waals surface area (Å²) in [6, 6.07) is 14.6. The summed E-state index contributed by atoms with van der Waals surface area (Å²) in [5, 5.41) is 7.79. The van der Waals surface area contributed by atoms with Crippen molar-refractivity contribution < 1.29 is 13.2 Å². The van der Waals surface area contributed by atoms with Gasteiger partial charge in [0.25, 0.3) is 0 Å². The smallest absolute Gasteiger partial charge is 0.240 e. The van der Waals surface area contributed by atoms with E-state index in [4.69, 9.17) is 15.5 Å². The number of fused-ring (bicyclic) bond motifs is 1. The van der Waals surface area contributed by atoms with E-state index in [9.17, 15) is 8.42 Å². The van der Waals surface area contributed by atoms with E-state index in [2.05, 4.69) is 21.6 Å². The van der Waals surface area contributed by atoms with Gasteiger partial charge >= 0.3 is 0 Å². The second kappa shape index (κ2) is 13.1. The first kappa shape index (κ1) is 29.2. The summed E-state index contributed by atoms with van der Waals surface area (Å²) < 4.78 is 33.8. The van der Waals surface area contributed by atoms with Crippen molar-refractivity contribution in [1.82, 2.24) is 19.6 Å². The molecular formula is C31H32N6O3S2. The van der Waals surface area contributed by atoms with Crippen LogP contribution in [0.1, 0.15) is 18.5 Å². The number of nitrogens with zero attached hydrogens (tertiary/aromatic N) is 3. The molecule has 4 N–H and O–H groups in total. The molecule has 3 aromatic rings. The van der Waals surface area contributed by atoms with Gasteiger partial charge in [0.05, 0.1) is 39.9 Å². The Morgan fingerprint density at radius 2 is 2.00 bits per heavy atom. The van der Waals surface area contributed by atoms with E-state index in [1.807, 2.05) is 71.1 Å². The minimum atomic E-state index is -3.63. The highest BCUT2D eigenvalue weighted by atomic mass is 32.2. The van der Waals surface area contributed by atoms with Gasteiger partial charge in [0.1, 0.15) is 0 Å².